The van der Waals surface area contributed by atoms with Crippen LogP contribution in [0.4, 0.5) is 0 Å². The second kappa shape index (κ2) is 6.26. The summed E-state index contributed by atoms with van der Waals surface area (Å²) in [6.07, 6.45) is 8.46. The van der Waals surface area contributed by atoms with Crippen molar-refractivity contribution in [3.05, 3.63) is 40.0 Å². The molecule has 0 spiro atoms. The molecule has 1 aromatic carbocycles. The molecule has 18 heavy (non-hydrogen) atoms. The number of nitrogens with zero attached hydrogens (tertiary/aromatic N) is 1. The summed E-state index contributed by atoms with van der Waals surface area (Å²) in [6.45, 7) is 0. The minimum absolute atomic E-state index is 0.462. The van der Waals surface area contributed by atoms with Crippen LogP contribution >= 0.6 is 23.2 Å². The van der Waals surface area contributed by atoms with Crippen LogP contribution in [0.2, 0.25) is 10.0 Å². The predicted molar refractivity (Wildman–Crippen MR) is 79.1 cm³/mol. The molecule has 4 heteroatoms. The van der Waals surface area contributed by atoms with Gasteiger partial charge in [0.2, 0.25) is 0 Å². The van der Waals surface area contributed by atoms with E-state index < -0.39 is 0 Å². The molecule has 1 saturated carbocycles. The van der Waals surface area contributed by atoms with Crippen molar-refractivity contribution in [2.24, 2.45) is 16.6 Å². The van der Waals surface area contributed by atoms with Gasteiger partial charge in [0.25, 0.3) is 0 Å². The van der Waals surface area contributed by atoms with Crippen molar-refractivity contribution >= 4 is 35.1 Å². The lowest BCUT2D eigenvalue weighted by molar-refractivity contribution is 0.722. The largest absolute Gasteiger partial charge is 0.387 e. The summed E-state index contributed by atoms with van der Waals surface area (Å²) in [5.41, 5.74) is 6.91. The highest BCUT2D eigenvalue weighted by Crippen LogP contribution is 2.25. The van der Waals surface area contributed by atoms with Crippen LogP contribution in [-0.4, -0.2) is 5.84 Å². The SMILES string of the molecule is NC(=N/C=C/c1ccc(Cl)c(Cl)c1)C1CCCC1. The van der Waals surface area contributed by atoms with Crippen LogP contribution in [0.1, 0.15) is 31.2 Å². The smallest absolute Gasteiger partial charge is 0.102 e. The molecule has 0 saturated heterocycles. The maximum atomic E-state index is 5.95. The van der Waals surface area contributed by atoms with E-state index in [0.717, 1.165) is 24.2 Å². The Kier molecular flexibility index (Phi) is 4.67. The van der Waals surface area contributed by atoms with Crippen molar-refractivity contribution in [2.75, 3.05) is 0 Å². The minimum Gasteiger partial charge on any atom is -0.387 e. The van der Waals surface area contributed by atoms with Gasteiger partial charge >= 0.3 is 0 Å². The Morgan fingerprint density at radius 3 is 2.61 bits per heavy atom. The van der Waals surface area contributed by atoms with Crippen molar-refractivity contribution in [3.63, 3.8) is 0 Å². The summed E-state index contributed by atoms with van der Waals surface area (Å²) in [6, 6.07) is 5.47. The number of benzene rings is 1. The van der Waals surface area contributed by atoms with E-state index in [1.165, 1.54) is 12.8 Å². The highest BCUT2D eigenvalue weighted by atomic mass is 35.5. The number of hydrogen-bond acceptors (Lipinski definition) is 1. The van der Waals surface area contributed by atoms with Crippen LogP contribution in [-0.2, 0) is 0 Å². The Labute approximate surface area is 117 Å². The molecular formula is C14H16Cl2N2. The summed E-state index contributed by atoms with van der Waals surface area (Å²) < 4.78 is 0. The van der Waals surface area contributed by atoms with Gasteiger partial charge in [0.05, 0.1) is 10.0 Å². The van der Waals surface area contributed by atoms with Crippen molar-refractivity contribution < 1.29 is 0 Å². The molecular weight excluding hydrogens is 267 g/mol. The van der Waals surface area contributed by atoms with E-state index in [9.17, 15) is 0 Å². The minimum atomic E-state index is 0.462. The molecule has 2 N–H and O–H groups in total. The molecule has 96 valence electrons. The molecule has 0 amide bonds. The van der Waals surface area contributed by atoms with Crippen LogP contribution in [0.3, 0.4) is 0 Å². The van der Waals surface area contributed by atoms with Crippen molar-refractivity contribution in [2.45, 2.75) is 25.7 Å². The fourth-order valence-corrected chi connectivity index (χ4v) is 2.46. The molecule has 1 aromatic rings. The predicted octanol–water partition coefficient (Wildman–Crippen LogP) is 4.51. The molecule has 0 radical (unpaired) electrons. The Balaban J connectivity index is 2.01. The quantitative estimate of drug-likeness (QED) is 0.643. The number of nitrogens with two attached hydrogens (primary N) is 1. The van der Waals surface area contributed by atoms with Crippen LogP contribution in [0, 0.1) is 5.92 Å². The second-order valence-electron chi connectivity index (χ2n) is 4.52. The first kappa shape index (κ1) is 13.4. The van der Waals surface area contributed by atoms with E-state index in [2.05, 4.69) is 4.99 Å². The maximum absolute atomic E-state index is 5.95. The first-order chi connectivity index (χ1) is 8.66. The fraction of sp³-hybridized carbons (Fsp3) is 0.357. The molecule has 0 heterocycles. The first-order valence-corrected chi connectivity index (χ1v) is 6.87. The van der Waals surface area contributed by atoms with Gasteiger partial charge in [0.1, 0.15) is 5.84 Å². The van der Waals surface area contributed by atoms with Crippen LogP contribution in [0.15, 0.2) is 29.4 Å². The number of halogens is 2. The molecule has 0 aromatic heterocycles. The molecule has 0 atom stereocenters. The molecule has 0 unspecified atom stereocenters. The van der Waals surface area contributed by atoms with Gasteiger partial charge in [-0.25, -0.2) is 4.99 Å². The van der Waals surface area contributed by atoms with E-state index in [4.69, 9.17) is 28.9 Å². The third-order valence-electron chi connectivity index (χ3n) is 3.21. The standard InChI is InChI=1S/C14H16Cl2N2/c15-12-6-5-10(9-13(12)16)7-8-18-14(17)11-3-1-2-4-11/h5-9,11H,1-4H2,(H2,17,18)/b8-7+. The summed E-state index contributed by atoms with van der Waals surface area (Å²) in [5, 5.41) is 1.11. The van der Waals surface area contributed by atoms with E-state index >= 15 is 0 Å². The lowest BCUT2D eigenvalue weighted by atomic mass is 10.1. The molecule has 1 aliphatic rings. The van der Waals surface area contributed by atoms with Gasteiger partial charge in [0, 0.05) is 12.1 Å². The zero-order valence-electron chi connectivity index (χ0n) is 10.1. The lowest BCUT2D eigenvalue weighted by Gasteiger charge is -2.05. The van der Waals surface area contributed by atoms with Gasteiger partial charge in [0.15, 0.2) is 0 Å². The Morgan fingerprint density at radius 2 is 1.94 bits per heavy atom. The molecule has 1 fully saturated rings. The Hall–Kier alpha value is -0.990. The first-order valence-electron chi connectivity index (χ1n) is 6.11. The van der Waals surface area contributed by atoms with Crippen LogP contribution in [0.25, 0.3) is 6.08 Å². The second-order valence-corrected chi connectivity index (χ2v) is 5.34. The molecule has 0 aliphatic heterocycles. The monoisotopic (exact) mass is 282 g/mol. The van der Waals surface area contributed by atoms with Gasteiger partial charge in [-0.3, -0.25) is 0 Å². The van der Waals surface area contributed by atoms with Crippen LogP contribution < -0.4 is 5.73 Å². The normalized spacial score (nSPS) is 17.8. The zero-order valence-corrected chi connectivity index (χ0v) is 11.6. The van der Waals surface area contributed by atoms with Crippen molar-refractivity contribution in [1.29, 1.82) is 0 Å². The molecule has 2 nitrogen and oxygen atoms in total. The van der Waals surface area contributed by atoms with Gasteiger partial charge < -0.3 is 5.73 Å². The Bertz CT molecular complexity index is 475. The summed E-state index contributed by atoms with van der Waals surface area (Å²) in [5.74, 6) is 1.20. The third-order valence-corrected chi connectivity index (χ3v) is 3.95. The highest BCUT2D eigenvalue weighted by Gasteiger charge is 2.17. The van der Waals surface area contributed by atoms with E-state index in [0.29, 0.717) is 16.0 Å². The number of hydrogen-bond donors (Lipinski definition) is 1. The van der Waals surface area contributed by atoms with E-state index in [1.807, 2.05) is 18.2 Å². The topological polar surface area (TPSA) is 38.4 Å². The summed E-state index contributed by atoms with van der Waals surface area (Å²) in [7, 11) is 0. The Morgan fingerprint density at radius 1 is 1.22 bits per heavy atom. The average Bonchev–Trinajstić information content (AvgIpc) is 2.87. The lowest BCUT2D eigenvalue weighted by Crippen LogP contribution is -2.20. The number of aliphatic imine (C=N–C) groups is 1. The van der Waals surface area contributed by atoms with Crippen LogP contribution in [0.5, 0.6) is 0 Å². The van der Waals surface area contributed by atoms with Gasteiger partial charge in [-0.2, -0.15) is 0 Å². The fourth-order valence-electron chi connectivity index (χ4n) is 2.15. The van der Waals surface area contributed by atoms with E-state index in [1.54, 1.807) is 12.3 Å². The molecule has 1 aliphatic carbocycles. The highest BCUT2D eigenvalue weighted by molar-refractivity contribution is 6.42. The van der Waals surface area contributed by atoms with Gasteiger partial charge in [-0.1, -0.05) is 42.1 Å². The number of rotatable bonds is 3. The average molecular weight is 283 g/mol. The van der Waals surface area contributed by atoms with Crippen molar-refractivity contribution in [3.8, 4) is 0 Å². The summed E-state index contributed by atoms with van der Waals surface area (Å²) >= 11 is 11.8. The number of amidine groups is 1. The van der Waals surface area contributed by atoms with Gasteiger partial charge in [-0.15, -0.1) is 0 Å². The van der Waals surface area contributed by atoms with Gasteiger partial charge in [-0.05, 0) is 36.6 Å². The maximum Gasteiger partial charge on any atom is 0.102 e. The molecule has 0 bridgehead atoms. The summed E-state index contributed by atoms with van der Waals surface area (Å²) in [4.78, 5) is 4.29. The third kappa shape index (κ3) is 3.50. The zero-order chi connectivity index (χ0) is 13.0. The van der Waals surface area contributed by atoms with E-state index in [-0.39, 0.29) is 0 Å². The van der Waals surface area contributed by atoms with Crippen molar-refractivity contribution in [1.82, 2.24) is 0 Å². The molecule has 2 rings (SSSR count).